The maximum atomic E-state index is 11.4. The van der Waals surface area contributed by atoms with Crippen LogP contribution < -0.4 is 16.0 Å². The average Bonchev–Trinajstić information content (AvgIpc) is 2.81. The van der Waals surface area contributed by atoms with Crippen molar-refractivity contribution >= 4 is 33.5 Å². The molecule has 18 heavy (non-hydrogen) atoms. The highest BCUT2D eigenvalue weighted by Gasteiger charge is 2.31. The predicted octanol–water partition coefficient (Wildman–Crippen LogP) is 1.12. The van der Waals surface area contributed by atoms with Crippen LogP contribution in [-0.2, 0) is 4.79 Å². The van der Waals surface area contributed by atoms with Crippen LogP contribution in [0, 0.1) is 0 Å². The Labute approximate surface area is 114 Å². The summed E-state index contributed by atoms with van der Waals surface area (Å²) in [5, 5.41) is 3.14. The first-order chi connectivity index (χ1) is 8.65. The zero-order chi connectivity index (χ0) is 13.1. The van der Waals surface area contributed by atoms with Crippen molar-refractivity contribution in [1.29, 1.82) is 0 Å². The second-order valence-corrected chi connectivity index (χ2v) is 4.94. The van der Waals surface area contributed by atoms with Crippen molar-refractivity contribution < 1.29 is 4.79 Å². The topological polar surface area (TPSA) is 84.1 Å². The summed E-state index contributed by atoms with van der Waals surface area (Å²) in [6.45, 7) is 3.55. The molecule has 0 bridgehead atoms. The second-order valence-electron chi connectivity index (χ2n) is 4.14. The molecule has 1 unspecified atom stereocenters. The number of nitrogens with one attached hydrogen (secondary N) is 1. The Hall–Kier alpha value is -1.37. The van der Waals surface area contributed by atoms with Gasteiger partial charge in [0.2, 0.25) is 5.91 Å². The summed E-state index contributed by atoms with van der Waals surface area (Å²) in [4.78, 5) is 21.8. The molecule has 6 nitrogen and oxygen atoms in total. The monoisotopic (exact) mass is 313 g/mol. The number of rotatable bonds is 4. The molecular formula is C11H16BrN5O. The predicted molar refractivity (Wildman–Crippen MR) is 73.5 cm³/mol. The van der Waals surface area contributed by atoms with Gasteiger partial charge < -0.3 is 16.0 Å². The minimum Gasteiger partial charge on any atom is -0.369 e. The molecule has 1 atom stereocenters. The lowest BCUT2D eigenvalue weighted by Crippen LogP contribution is -2.41. The van der Waals surface area contributed by atoms with E-state index < -0.39 is 0 Å². The lowest BCUT2D eigenvalue weighted by atomic mass is 10.2. The average molecular weight is 314 g/mol. The van der Waals surface area contributed by atoms with E-state index in [2.05, 4.69) is 31.2 Å². The molecule has 98 valence electrons. The maximum Gasteiger partial charge on any atom is 0.240 e. The van der Waals surface area contributed by atoms with E-state index in [0.717, 1.165) is 42.0 Å². The summed E-state index contributed by atoms with van der Waals surface area (Å²) in [6, 6.07) is -0.273. The minimum absolute atomic E-state index is 0.273. The first-order valence-electron chi connectivity index (χ1n) is 5.95. The van der Waals surface area contributed by atoms with Crippen molar-refractivity contribution in [2.75, 3.05) is 23.3 Å². The van der Waals surface area contributed by atoms with E-state index in [-0.39, 0.29) is 11.9 Å². The summed E-state index contributed by atoms with van der Waals surface area (Å²) in [5.41, 5.74) is 5.42. The van der Waals surface area contributed by atoms with Crippen molar-refractivity contribution in [3.63, 3.8) is 0 Å². The fourth-order valence-corrected chi connectivity index (χ4v) is 2.74. The number of hydrogen-bond acceptors (Lipinski definition) is 5. The maximum absolute atomic E-state index is 11.4. The SMILES string of the molecule is CCNc1ncnc(N2CCCC2C(N)=O)c1Br. The molecule has 0 aromatic carbocycles. The molecule has 0 spiro atoms. The minimum atomic E-state index is -0.303. The van der Waals surface area contributed by atoms with Crippen molar-refractivity contribution in [1.82, 2.24) is 9.97 Å². The number of carbonyl (C=O) groups excluding carboxylic acids is 1. The molecular weight excluding hydrogens is 298 g/mol. The van der Waals surface area contributed by atoms with E-state index in [1.165, 1.54) is 6.33 Å². The van der Waals surface area contributed by atoms with Crippen LogP contribution >= 0.6 is 15.9 Å². The molecule has 1 aliphatic heterocycles. The molecule has 2 rings (SSSR count). The Kier molecular flexibility index (Phi) is 4.00. The van der Waals surface area contributed by atoms with Crippen LogP contribution in [-0.4, -0.2) is 35.0 Å². The van der Waals surface area contributed by atoms with Crippen LogP contribution in [0.5, 0.6) is 0 Å². The highest BCUT2D eigenvalue weighted by atomic mass is 79.9. The molecule has 7 heteroatoms. The van der Waals surface area contributed by atoms with Gasteiger partial charge in [-0.05, 0) is 35.7 Å². The molecule has 2 heterocycles. The molecule has 0 saturated carbocycles. The Morgan fingerprint density at radius 2 is 2.44 bits per heavy atom. The summed E-state index contributed by atoms with van der Waals surface area (Å²) in [7, 11) is 0. The number of aromatic nitrogens is 2. The molecule has 1 aromatic heterocycles. The van der Waals surface area contributed by atoms with Gasteiger partial charge >= 0.3 is 0 Å². The number of anilines is 2. The third-order valence-corrected chi connectivity index (χ3v) is 3.70. The molecule has 1 fully saturated rings. The van der Waals surface area contributed by atoms with Crippen LogP contribution in [0.2, 0.25) is 0 Å². The van der Waals surface area contributed by atoms with Crippen molar-refractivity contribution in [2.24, 2.45) is 5.73 Å². The third kappa shape index (κ3) is 2.40. The van der Waals surface area contributed by atoms with Gasteiger partial charge in [-0.15, -0.1) is 0 Å². The number of carbonyl (C=O) groups is 1. The van der Waals surface area contributed by atoms with Crippen LogP contribution in [0.25, 0.3) is 0 Å². The van der Waals surface area contributed by atoms with Gasteiger partial charge in [-0.3, -0.25) is 4.79 Å². The van der Waals surface area contributed by atoms with Crippen LogP contribution in [0.3, 0.4) is 0 Å². The molecule has 1 aliphatic rings. The zero-order valence-electron chi connectivity index (χ0n) is 10.2. The molecule has 0 aliphatic carbocycles. The van der Waals surface area contributed by atoms with Gasteiger partial charge in [0.1, 0.15) is 28.5 Å². The van der Waals surface area contributed by atoms with Crippen molar-refractivity contribution in [2.45, 2.75) is 25.8 Å². The third-order valence-electron chi connectivity index (χ3n) is 2.97. The van der Waals surface area contributed by atoms with E-state index in [1.807, 2.05) is 11.8 Å². The van der Waals surface area contributed by atoms with E-state index >= 15 is 0 Å². The van der Waals surface area contributed by atoms with E-state index in [1.54, 1.807) is 0 Å². The standard InChI is InChI=1S/C11H16BrN5O/c1-2-14-10-8(12)11(16-6-15-10)17-5-3-4-7(17)9(13)18/h6-7H,2-5H2,1H3,(H2,13,18)(H,14,15,16). The number of hydrogen-bond donors (Lipinski definition) is 2. The molecule has 1 aromatic rings. The van der Waals surface area contributed by atoms with Gasteiger partial charge in [0.25, 0.3) is 0 Å². The van der Waals surface area contributed by atoms with Crippen molar-refractivity contribution in [3.05, 3.63) is 10.8 Å². The van der Waals surface area contributed by atoms with Crippen LogP contribution in [0.4, 0.5) is 11.6 Å². The molecule has 3 N–H and O–H groups in total. The number of nitrogens with zero attached hydrogens (tertiary/aromatic N) is 3. The Morgan fingerprint density at radius 1 is 1.67 bits per heavy atom. The number of amides is 1. The quantitative estimate of drug-likeness (QED) is 0.870. The summed E-state index contributed by atoms with van der Waals surface area (Å²) in [6.07, 6.45) is 3.22. The van der Waals surface area contributed by atoms with Crippen LogP contribution in [0.1, 0.15) is 19.8 Å². The largest absolute Gasteiger partial charge is 0.369 e. The number of nitrogens with two attached hydrogens (primary N) is 1. The summed E-state index contributed by atoms with van der Waals surface area (Å²) < 4.78 is 0.778. The fourth-order valence-electron chi connectivity index (χ4n) is 2.17. The first-order valence-corrected chi connectivity index (χ1v) is 6.74. The van der Waals surface area contributed by atoms with Gasteiger partial charge in [0.15, 0.2) is 0 Å². The highest BCUT2D eigenvalue weighted by Crippen LogP contribution is 2.33. The summed E-state index contributed by atoms with van der Waals surface area (Å²) >= 11 is 3.49. The number of halogens is 1. The van der Waals surface area contributed by atoms with E-state index in [4.69, 9.17) is 5.73 Å². The fraction of sp³-hybridized carbons (Fsp3) is 0.545. The number of primary amides is 1. The second kappa shape index (κ2) is 5.51. The summed E-state index contributed by atoms with van der Waals surface area (Å²) in [5.74, 6) is 1.16. The van der Waals surface area contributed by atoms with Crippen molar-refractivity contribution in [3.8, 4) is 0 Å². The van der Waals surface area contributed by atoms with Gasteiger partial charge in [0, 0.05) is 13.1 Å². The lowest BCUT2D eigenvalue weighted by molar-refractivity contribution is -0.119. The van der Waals surface area contributed by atoms with Gasteiger partial charge in [-0.25, -0.2) is 9.97 Å². The zero-order valence-corrected chi connectivity index (χ0v) is 11.8. The van der Waals surface area contributed by atoms with E-state index in [9.17, 15) is 4.79 Å². The van der Waals surface area contributed by atoms with E-state index in [0.29, 0.717) is 0 Å². The van der Waals surface area contributed by atoms with Gasteiger partial charge in [-0.1, -0.05) is 0 Å². The van der Waals surface area contributed by atoms with Gasteiger partial charge in [-0.2, -0.15) is 0 Å². The Balaban J connectivity index is 2.32. The van der Waals surface area contributed by atoms with Gasteiger partial charge in [0.05, 0.1) is 0 Å². The molecule has 1 amide bonds. The molecule has 0 radical (unpaired) electrons. The lowest BCUT2D eigenvalue weighted by Gasteiger charge is -2.24. The first kappa shape index (κ1) is 13.1. The normalized spacial score (nSPS) is 19.0. The Bertz CT molecular complexity index is 453. The van der Waals surface area contributed by atoms with Crippen LogP contribution in [0.15, 0.2) is 10.8 Å². The molecule has 1 saturated heterocycles. The Morgan fingerprint density at radius 3 is 3.11 bits per heavy atom. The highest BCUT2D eigenvalue weighted by molar-refractivity contribution is 9.10. The smallest absolute Gasteiger partial charge is 0.240 e.